The van der Waals surface area contributed by atoms with Crippen LogP contribution in [-0.2, 0) is 0 Å². The van der Waals surface area contributed by atoms with Crippen molar-refractivity contribution in [1.29, 1.82) is 0 Å². The van der Waals surface area contributed by atoms with Crippen LogP contribution in [0, 0.1) is 0 Å². The van der Waals surface area contributed by atoms with Gasteiger partial charge in [-0.05, 0) is 25.0 Å². The van der Waals surface area contributed by atoms with Crippen molar-refractivity contribution in [3.8, 4) is 0 Å². The number of primary amides is 1. The maximum absolute atomic E-state index is 11.1. The molecule has 2 aliphatic heterocycles. The molecule has 2 aliphatic rings. The first-order chi connectivity index (χ1) is 7.75. The van der Waals surface area contributed by atoms with E-state index in [0.717, 1.165) is 23.5 Å². The quantitative estimate of drug-likeness (QED) is 0.691. The standard InChI is InChI=1S/C12H13N3O/c13-12(16)8-3-4-9-10(6-8)14-7-15-5-1-2-11(9)15/h3-4,6H,1-2,5,7H2,(H2,13,16). The monoisotopic (exact) mass is 215 g/mol. The third kappa shape index (κ3) is 1.30. The van der Waals surface area contributed by atoms with Crippen molar-refractivity contribution < 1.29 is 4.79 Å². The molecule has 0 unspecified atom stereocenters. The van der Waals surface area contributed by atoms with Gasteiger partial charge in [0.1, 0.15) is 6.67 Å². The maximum Gasteiger partial charge on any atom is 0.248 e. The average molecular weight is 215 g/mol. The molecule has 1 aromatic carbocycles. The normalized spacial score (nSPS) is 17.8. The summed E-state index contributed by atoms with van der Waals surface area (Å²) in [5.41, 5.74) is 7.15. The molecule has 16 heavy (non-hydrogen) atoms. The van der Waals surface area contributed by atoms with Gasteiger partial charge in [-0.2, -0.15) is 0 Å². The van der Waals surface area contributed by atoms with Gasteiger partial charge in [-0.1, -0.05) is 6.07 Å². The van der Waals surface area contributed by atoms with Gasteiger partial charge in [0.05, 0.1) is 5.36 Å². The van der Waals surface area contributed by atoms with Crippen molar-refractivity contribution in [3.63, 3.8) is 0 Å². The summed E-state index contributed by atoms with van der Waals surface area (Å²) >= 11 is 0. The highest BCUT2D eigenvalue weighted by Gasteiger charge is 2.19. The molecule has 82 valence electrons. The lowest BCUT2D eigenvalue weighted by Gasteiger charge is -2.20. The molecular weight excluding hydrogens is 202 g/mol. The number of nitrogens with zero attached hydrogens (tertiary/aromatic N) is 2. The first-order valence-corrected chi connectivity index (χ1v) is 5.48. The summed E-state index contributed by atoms with van der Waals surface area (Å²) in [7, 11) is 0. The highest BCUT2D eigenvalue weighted by molar-refractivity contribution is 5.92. The Bertz CT molecular complexity index is 576. The van der Waals surface area contributed by atoms with Gasteiger partial charge >= 0.3 is 0 Å². The van der Waals surface area contributed by atoms with Crippen LogP contribution in [0.1, 0.15) is 23.2 Å². The van der Waals surface area contributed by atoms with Crippen molar-refractivity contribution >= 4 is 11.6 Å². The van der Waals surface area contributed by atoms with Crippen molar-refractivity contribution in [2.24, 2.45) is 10.7 Å². The number of fused-ring (bicyclic) bond motifs is 2. The van der Waals surface area contributed by atoms with Crippen LogP contribution in [-0.4, -0.2) is 24.0 Å². The van der Waals surface area contributed by atoms with Crippen molar-refractivity contribution in [1.82, 2.24) is 4.90 Å². The Morgan fingerprint density at radius 1 is 1.44 bits per heavy atom. The van der Waals surface area contributed by atoms with E-state index in [0.29, 0.717) is 12.2 Å². The summed E-state index contributed by atoms with van der Waals surface area (Å²) in [6.45, 7) is 1.81. The van der Waals surface area contributed by atoms with Gasteiger partial charge in [-0.25, -0.2) is 0 Å². The number of hydrogen-bond donors (Lipinski definition) is 1. The summed E-state index contributed by atoms with van der Waals surface area (Å²) in [5.74, 6) is -0.392. The van der Waals surface area contributed by atoms with Crippen LogP contribution in [0.5, 0.6) is 0 Å². The number of hydrogen-bond acceptors (Lipinski definition) is 3. The molecule has 4 heteroatoms. The highest BCUT2D eigenvalue weighted by Crippen LogP contribution is 2.20. The minimum Gasteiger partial charge on any atom is -0.366 e. The summed E-state index contributed by atoms with van der Waals surface area (Å²) < 4.78 is 0. The zero-order chi connectivity index (χ0) is 11.1. The second-order valence-electron chi connectivity index (χ2n) is 4.21. The van der Waals surface area contributed by atoms with Gasteiger partial charge in [0, 0.05) is 23.0 Å². The van der Waals surface area contributed by atoms with Crippen LogP contribution < -0.4 is 16.3 Å². The Morgan fingerprint density at radius 2 is 2.31 bits per heavy atom. The molecule has 2 heterocycles. The van der Waals surface area contributed by atoms with E-state index in [-0.39, 0.29) is 0 Å². The molecule has 1 saturated heterocycles. The highest BCUT2D eigenvalue weighted by atomic mass is 16.1. The number of rotatable bonds is 1. The zero-order valence-corrected chi connectivity index (χ0v) is 8.94. The number of benzene rings is 1. The van der Waals surface area contributed by atoms with Gasteiger partial charge in [-0.15, -0.1) is 0 Å². The van der Waals surface area contributed by atoms with E-state index < -0.39 is 5.91 Å². The van der Waals surface area contributed by atoms with Gasteiger partial charge in [-0.3, -0.25) is 9.79 Å². The van der Waals surface area contributed by atoms with Gasteiger partial charge in [0.25, 0.3) is 0 Å². The van der Waals surface area contributed by atoms with Gasteiger partial charge < -0.3 is 10.6 Å². The van der Waals surface area contributed by atoms with Crippen LogP contribution in [0.15, 0.2) is 23.2 Å². The predicted molar refractivity (Wildman–Crippen MR) is 60.0 cm³/mol. The molecule has 1 amide bonds. The number of nitrogens with two attached hydrogens (primary N) is 1. The predicted octanol–water partition coefficient (Wildman–Crippen LogP) is -0.420. The molecule has 3 rings (SSSR count). The Kier molecular flexibility index (Phi) is 1.96. The Morgan fingerprint density at radius 3 is 3.12 bits per heavy atom. The zero-order valence-electron chi connectivity index (χ0n) is 8.94. The van der Waals surface area contributed by atoms with Crippen molar-refractivity contribution in [2.75, 3.05) is 13.2 Å². The average Bonchev–Trinajstić information content (AvgIpc) is 2.76. The van der Waals surface area contributed by atoms with E-state index >= 15 is 0 Å². The molecule has 0 atom stereocenters. The van der Waals surface area contributed by atoms with Crippen molar-refractivity contribution in [2.45, 2.75) is 12.8 Å². The third-order valence-electron chi connectivity index (χ3n) is 3.23. The van der Waals surface area contributed by atoms with E-state index in [1.165, 1.54) is 12.1 Å². The van der Waals surface area contributed by atoms with Crippen molar-refractivity contribution in [3.05, 3.63) is 34.3 Å². The number of amides is 1. The number of carbonyl (C=O) groups excluding carboxylic acids is 1. The number of carbonyl (C=O) groups is 1. The first-order valence-electron chi connectivity index (χ1n) is 5.48. The maximum atomic E-state index is 11.1. The lowest BCUT2D eigenvalue weighted by atomic mass is 10.1. The van der Waals surface area contributed by atoms with Crippen LogP contribution in [0.3, 0.4) is 0 Å². The molecular formula is C12H13N3O. The van der Waals surface area contributed by atoms with Crippen LogP contribution in [0.25, 0.3) is 5.70 Å². The Balaban J connectivity index is 2.26. The molecule has 0 bridgehead atoms. The summed E-state index contributed by atoms with van der Waals surface area (Å²) in [4.78, 5) is 17.9. The minimum atomic E-state index is -0.392. The molecule has 0 aliphatic carbocycles. The second kappa shape index (κ2) is 3.33. The molecule has 0 saturated carbocycles. The summed E-state index contributed by atoms with van der Waals surface area (Å²) in [6.07, 6.45) is 2.31. The minimum absolute atomic E-state index is 0.392. The molecule has 4 nitrogen and oxygen atoms in total. The Labute approximate surface area is 93.1 Å². The van der Waals surface area contributed by atoms with Gasteiger partial charge in [0.2, 0.25) is 5.91 Å². The first kappa shape index (κ1) is 9.39. The largest absolute Gasteiger partial charge is 0.366 e. The molecule has 0 aromatic heterocycles. The topological polar surface area (TPSA) is 58.7 Å². The van der Waals surface area contributed by atoms with E-state index in [4.69, 9.17) is 5.73 Å². The Hall–Kier alpha value is -1.84. The fourth-order valence-corrected chi connectivity index (χ4v) is 2.41. The van der Waals surface area contributed by atoms with Crippen LogP contribution in [0.4, 0.5) is 0 Å². The van der Waals surface area contributed by atoms with E-state index in [9.17, 15) is 4.79 Å². The molecule has 2 N–H and O–H groups in total. The van der Waals surface area contributed by atoms with E-state index in [1.807, 2.05) is 6.07 Å². The molecule has 1 fully saturated rings. The molecule has 0 spiro atoms. The smallest absolute Gasteiger partial charge is 0.248 e. The van der Waals surface area contributed by atoms with Crippen LogP contribution >= 0.6 is 0 Å². The fourth-order valence-electron chi connectivity index (χ4n) is 2.41. The van der Waals surface area contributed by atoms with Gasteiger partial charge in [0.15, 0.2) is 0 Å². The fraction of sp³-hybridized carbons (Fsp3) is 0.333. The lowest BCUT2D eigenvalue weighted by molar-refractivity contribution is 0.1000. The third-order valence-corrected chi connectivity index (χ3v) is 3.23. The van der Waals surface area contributed by atoms with E-state index in [2.05, 4.69) is 9.89 Å². The van der Waals surface area contributed by atoms with Crippen LogP contribution in [0.2, 0.25) is 0 Å². The summed E-state index contributed by atoms with van der Waals surface area (Å²) in [6, 6.07) is 5.54. The molecule has 0 radical (unpaired) electrons. The SMILES string of the molecule is NC(=O)c1ccc2c(c1)=NCN1CCCC=21. The summed E-state index contributed by atoms with van der Waals surface area (Å²) in [5, 5.41) is 2.07. The second-order valence-corrected chi connectivity index (χ2v) is 4.21. The molecule has 1 aromatic rings. The van der Waals surface area contributed by atoms with E-state index in [1.54, 1.807) is 12.1 Å². The lowest BCUT2D eigenvalue weighted by Crippen LogP contribution is -2.38.